The summed E-state index contributed by atoms with van der Waals surface area (Å²) in [7, 11) is 1.83. The molecule has 0 bridgehead atoms. The van der Waals surface area contributed by atoms with Crippen molar-refractivity contribution in [1.29, 1.82) is 0 Å². The highest BCUT2D eigenvalue weighted by Gasteiger charge is 2.13. The highest BCUT2D eigenvalue weighted by molar-refractivity contribution is 5.86. The quantitative estimate of drug-likeness (QED) is 0.478. The largest absolute Gasteiger partial charge is 0.395 e. The maximum Gasteiger partial charge on any atom is 0.163 e. The Labute approximate surface area is 117 Å². The van der Waals surface area contributed by atoms with E-state index < -0.39 is 0 Å². The second-order valence-electron chi connectivity index (χ2n) is 4.64. The molecule has 20 heavy (non-hydrogen) atoms. The first-order valence-corrected chi connectivity index (χ1v) is 6.68. The van der Waals surface area contributed by atoms with Crippen molar-refractivity contribution in [1.82, 2.24) is 24.6 Å². The highest BCUT2D eigenvalue weighted by Crippen LogP contribution is 2.19. The van der Waals surface area contributed by atoms with E-state index in [9.17, 15) is 0 Å². The van der Waals surface area contributed by atoms with Crippen LogP contribution in [0.4, 0.5) is 5.82 Å². The van der Waals surface area contributed by atoms with Crippen molar-refractivity contribution in [3.8, 4) is 0 Å². The molecule has 2 aromatic heterocycles. The molecule has 0 amide bonds. The summed E-state index contributed by atoms with van der Waals surface area (Å²) in [5.41, 5.74) is 3.33. The van der Waals surface area contributed by atoms with Crippen LogP contribution in [-0.4, -0.2) is 49.5 Å². The molecule has 0 aromatic carbocycles. The Morgan fingerprint density at radius 2 is 2.20 bits per heavy atom. The van der Waals surface area contributed by atoms with Crippen LogP contribution in [0.15, 0.2) is 6.20 Å². The maximum atomic E-state index is 9.10. The van der Waals surface area contributed by atoms with Crippen molar-refractivity contribution in [3.05, 3.63) is 12.0 Å². The molecule has 2 rings (SSSR count). The molecule has 0 radical (unpaired) electrons. The summed E-state index contributed by atoms with van der Waals surface area (Å²) >= 11 is 0. The Morgan fingerprint density at radius 1 is 1.40 bits per heavy atom. The van der Waals surface area contributed by atoms with Gasteiger partial charge in [-0.3, -0.25) is 9.58 Å². The zero-order valence-corrected chi connectivity index (χ0v) is 11.9. The molecular weight excluding hydrogens is 258 g/mol. The lowest BCUT2D eigenvalue weighted by atomic mass is 10.3. The molecule has 2 aromatic rings. The number of nitrogens with one attached hydrogen (secondary N) is 1. The molecule has 0 saturated heterocycles. The molecule has 0 fully saturated rings. The van der Waals surface area contributed by atoms with E-state index in [-0.39, 0.29) is 6.61 Å². The van der Waals surface area contributed by atoms with E-state index in [0.717, 1.165) is 24.0 Å². The lowest BCUT2D eigenvalue weighted by molar-refractivity contribution is 0.187. The number of hydrogen-bond acceptors (Lipinski definition) is 7. The molecule has 0 aliphatic rings. The summed E-state index contributed by atoms with van der Waals surface area (Å²) in [6.45, 7) is 4.29. The van der Waals surface area contributed by atoms with Gasteiger partial charge in [-0.25, -0.2) is 15.8 Å². The SMILES string of the molecule is CCCN(CCO)Cc1nc(NN)c2cnn(C)c2n1. The molecule has 0 aliphatic carbocycles. The van der Waals surface area contributed by atoms with Gasteiger partial charge in [0.25, 0.3) is 0 Å². The predicted octanol–water partition coefficient (Wildman–Crippen LogP) is -0.147. The summed E-state index contributed by atoms with van der Waals surface area (Å²) in [5, 5.41) is 14.1. The van der Waals surface area contributed by atoms with E-state index in [0.29, 0.717) is 24.7 Å². The molecule has 0 unspecified atom stereocenters. The summed E-state index contributed by atoms with van der Waals surface area (Å²) < 4.78 is 1.69. The van der Waals surface area contributed by atoms with Crippen molar-refractivity contribution >= 4 is 16.9 Å². The van der Waals surface area contributed by atoms with Gasteiger partial charge in [0, 0.05) is 13.6 Å². The Hall–Kier alpha value is -1.77. The van der Waals surface area contributed by atoms with Crippen molar-refractivity contribution in [2.24, 2.45) is 12.9 Å². The topological polar surface area (TPSA) is 105 Å². The van der Waals surface area contributed by atoms with E-state index in [1.54, 1.807) is 10.9 Å². The first-order valence-electron chi connectivity index (χ1n) is 6.68. The smallest absolute Gasteiger partial charge is 0.163 e. The second kappa shape index (κ2) is 6.60. The summed E-state index contributed by atoms with van der Waals surface area (Å²) in [6, 6.07) is 0. The Balaban J connectivity index is 2.31. The van der Waals surface area contributed by atoms with E-state index >= 15 is 0 Å². The lowest BCUT2D eigenvalue weighted by Gasteiger charge is -2.19. The fraction of sp³-hybridized carbons (Fsp3) is 0.583. The standard InChI is InChI=1S/C12H21N7O/c1-3-4-19(5-6-20)8-10-15-11(17-13)9-7-14-18(2)12(9)16-10/h7,20H,3-6,8,13H2,1-2H3,(H,15,16,17). The third-order valence-electron chi connectivity index (χ3n) is 3.10. The third-order valence-corrected chi connectivity index (χ3v) is 3.10. The molecule has 0 aliphatic heterocycles. The van der Waals surface area contributed by atoms with Gasteiger partial charge in [-0.05, 0) is 13.0 Å². The molecular formula is C12H21N7O. The van der Waals surface area contributed by atoms with Crippen LogP contribution in [-0.2, 0) is 13.6 Å². The first-order chi connectivity index (χ1) is 9.69. The maximum absolute atomic E-state index is 9.10. The number of nitrogens with two attached hydrogens (primary N) is 1. The van der Waals surface area contributed by atoms with Gasteiger partial charge in [0.05, 0.1) is 24.7 Å². The van der Waals surface area contributed by atoms with Gasteiger partial charge in [-0.15, -0.1) is 0 Å². The number of aromatic nitrogens is 4. The number of hydrogen-bond donors (Lipinski definition) is 3. The zero-order chi connectivity index (χ0) is 14.5. The first kappa shape index (κ1) is 14.6. The van der Waals surface area contributed by atoms with Crippen LogP contribution in [0.3, 0.4) is 0 Å². The van der Waals surface area contributed by atoms with Crippen LogP contribution < -0.4 is 11.3 Å². The van der Waals surface area contributed by atoms with E-state index in [2.05, 4.69) is 32.3 Å². The minimum Gasteiger partial charge on any atom is -0.395 e. The van der Waals surface area contributed by atoms with Gasteiger partial charge >= 0.3 is 0 Å². The Kier molecular flexibility index (Phi) is 4.83. The van der Waals surface area contributed by atoms with Crippen LogP contribution in [0.5, 0.6) is 0 Å². The third kappa shape index (κ3) is 3.03. The van der Waals surface area contributed by atoms with Crippen molar-refractivity contribution in [2.75, 3.05) is 25.1 Å². The molecule has 2 heterocycles. The molecule has 8 nitrogen and oxygen atoms in total. The fourth-order valence-electron chi connectivity index (χ4n) is 2.18. The van der Waals surface area contributed by atoms with Gasteiger partial charge in [0.15, 0.2) is 11.5 Å². The normalized spacial score (nSPS) is 11.4. The van der Waals surface area contributed by atoms with Crippen LogP contribution in [0.2, 0.25) is 0 Å². The van der Waals surface area contributed by atoms with Gasteiger partial charge in [-0.1, -0.05) is 6.92 Å². The number of aliphatic hydroxyl groups is 1. The monoisotopic (exact) mass is 279 g/mol. The minimum atomic E-state index is 0.121. The number of aliphatic hydroxyl groups excluding tert-OH is 1. The Morgan fingerprint density at radius 3 is 2.85 bits per heavy atom. The molecule has 4 N–H and O–H groups in total. The van der Waals surface area contributed by atoms with Crippen molar-refractivity contribution < 1.29 is 5.11 Å². The van der Waals surface area contributed by atoms with Crippen LogP contribution in [0.1, 0.15) is 19.2 Å². The average Bonchev–Trinajstić information content (AvgIpc) is 2.80. The highest BCUT2D eigenvalue weighted by atomic mass is 16.3. The van der Waals surface area contributed by atoms with E-state index in [1.165, 1.54) is 0 Å². The van der Waals surface area contributed by atoms with Crippen LogP contribution >= 0.6 is 0 Å². The van der Waals surface area contributed by atoms with Crippen molar-refractivity contribution in [2.45, 2.75) is 19.9 Å². The summed E-state index contributed by atoms with van der Waals surface area (Å²) in [6.07, 6.45) is 2.70. The lowest BCUT2D eigenvalue weighted by Crippen LogP contribution is -2.28. The molecule has 0 spiro atoms. The number of nitrogens with zero attached hydrogens (tertiary/aromatic N) is 5. The number of hydrazine groups is 1. The summed E-state index contributed by atoms with van der Waals surface area (Å²) in [4.78, 5) is 11.0. The number of anilines is 1. The van der Waals surface area contributed by atoms with Crippen LogP contribution in [0, 0.1) is 0 Å². The fourth-order valence-corrected chi connectivity index (χ4v) is 2.18. The molecule has 8 heteroatoms. The minimum absolute atomic E-state index is 0.121. The van der Waals surface area contributed by atoms with Gasteiger partial charge in [0.2, 0.25) is 0 Å². The van der Waals surface area contributed by atoms with Gasteiger partial charge in [-0.2, -0.15) is 5.10 Å². The number of aryl methyl sites for hydroxylation is 1. The molecule has 0 saturated carbocycles. The van der Waals surface area contributed by atoms with Crippen molar-refractivity contribution in [3.63, 3.8) is 0 Å². The van der Waals surface area contributed by atoms with E-state index in [1.807, 2.05) is 7.05 Å². The number of nitrogen functional groups attached to an aromatic ring is 1. The zero-order valence-electron chi connectivity index (χ0n) is 11.9. The second-order valence-corrected chi connectivity index (χ2v) is 4.64. The molecule has 110 valence electrons. The van der Waals surface area contributed by atoms with Crippen LogP contribution in [0.25, 0.3) is 11.0 Å². The Bertz CT molecular complexity index is 562. The average molecular weight is 279 g/mol. The van der Waals surface area contributed by atoms with Gasteiger partial charge in [0.1, 0.15) is 5.82 Å². The number of fused-ring (bicyclic) bond motifs is 1. The molecule has 0 atom stereocenters. The number of rotatable bonds is 7. The van der Waals surface area contributed by atoms with Gasteiger partial charge < -0.3 is 10.5 Å². The van der Waals surface area contributed by atoms with E-state index in [4.69, 9.17) is 10.9 Å². The predicted molar refractivity (Wildman–Crippen MR) is 76.8 cm³/mol. The summed E-state index contributed by atoms with van der Waals surface area (Å²) in [5.74, 6) is 6.74.